The van der Waals surface area contributed by atoms with Crippen molar-refractivity contribution < 1.29 is 0 Å². The van der Waals surface area contributed by atoms with Gasteiger partial charge >= 0.3 is 0 Å². The van der Waals surface area contributed by atoms with E-state index in [2.05, 4.69) is 14.3 Å². The van der Waals surface area contributed by atoms with E-state index in [-0.39, 0.29) is 0 Å². The van der Waals surface area contributed by atoms with Gasteiger partial charge in [0, 0.05) is 6.20 Å². The van der Waals surface area contributed by atoms with E-state index < -0.39 is 0 Å². The second-order valence-corrected chi connectivity index (χ2v) is 4.83. The minimum absolute atomic E-state index is 0.634. The van der Waals surface area contributed by atoms with Crippen molar-refractivity contribution in [3.63, 3.8) is 0 Å². The maximum absolute atomic E-state index is 5.54. The first-order valence-electron chi connectivity index (χ1n) is 4.48. The standard InChI is InChI=1S/C9H10N4S2/c10-4-3-7-2-1-5-11-8(7)14-9-12-6-13-15-9/h1-2,5-6H,3-4,10H2. The smallest absolute Gasteiger partial charge is 0.176 e. The van der Waals surface area contributed by atoms with Crippen molar-refractivity contribution in [2.45, 2.75) is 15.8 Å². The van der Waals surface area contributed by atoms with Gasteiger partial charge in [-0.25, -0.2) is 9.97 Å². The van der Waals surface area contributed by atoms with Gasteiger partial charge in [0.2, 0.25) is 0 Å². The highest BCUT2D eigenvalue weighted by Crippen LogP contribution is 2.28. The molecule has 0 radical (unpaired) electrons. The number of pyridine rings is 1. The fourth-order valence-electron chi connectivity index (χ4n) is 1.15. The average molecular weight is 238 g/mol. The van der Waals surface area contributed by atoms with E-state index in [0.29, 0.717) is 6.54 Å². The number of rotatable bonds is 4. The van der Waals surface area contributed by atoms with Crippen LogP contribution in [0, 0.1) is 0 Å². The lowest BCUT2D eigenvalue weighted by atomic mass is 10.2. The van der Waals surface area contributed by atoms with Gasteiger partial charge < -0.3 is 5.73 Å². The molecule has 2 aromatic rings. The van der Waals surface area contributed by atoms with Gasteiger partial charge in [-0.15, -0.1) is 0 Å². The molecule has 0 unspecified atom stereocenters. The summed E-state index contributed by atoms with van der Waals surface area (Å²) in [5, 5.41) is 0.972. The molecule has 0 saturated heterocycles. The summed E-state index contributed by atoms with van der Waals surface area (Å²) in [7, 11) is 0. The van der Waals surface area contributed by atoms with Crippen molar-refractivity contribution in [3.05, 3.63) is 30.2 Å². The second-order valence-electron chi connectivity index (χ2n) is 2.82. The third kappa shape index (κ3) is 2.74. The van der Waals surface area contributed by atoms with Crippen molar-refractivity contribution in [2.24, 2.45) is 5.73 Å². The van der Waals surface area contributed by atoms with E-state index in [9.17, 15) is 0 Å². The maximum Gasteiger partial charge on any atom is 0.176 e. The van der Waals surface area contributed by atoms with Gasteiger partial charge in [-0.2, -0.15) is 4.37 Å². The van der Waals surface area contributed by atoms with E-state index in [0.717, 1.165) is 15.8 Å². The Hall–Kier alpha value is -0.980. The minimum Gasteiger partial charge on any atom is -0.330 e. The molecule has 2 rings (SSSR count). The summed E-state index contributed by atoms with van der Waals surface area (Å²) in [4.78, 5) is 8.43. The van der Waals surface area contributed by atoms with Crippen LogP contribution in [-0.4, -0.2) is 20.9 Å². The molecule has 4 nitrogen and oxygen atoms in total. The Morgan fingerprint density at radius 2 is 2.33 bits per heavy atom. The normalized spacial score (nSPS) is 10.5. The predicted molar refractivity (Wildman–Crippen MR) is 61.0 cm³/mol. The largest absolute Gasteiger partial charge is 0.330 e. The van der Waals surface area contributed by atoms with Crippen LogP contribution in [0.1, 0.15) is 5.56 Å². The minimum atomic E-state index is 0.634. The molecule has 0 aliphatic rings. The molecule has 0 aliphatic carbocycles. The van der Waals surface area contributed by atoms with Gasteiger partial charge in [0.25, 0.3) is 0 Å². The summed E-state index contributed by atoms with van der Waals surface area (Å²) in [6.45, 7) is 0.634. The van der Waals surface area contributed by atoms with Gasteiger partial charge in [0.05, 0.1) is 0 Å². The van der Waals surface area contributed by atoms with Crippen molar-refractivity contribution in [1.82, 2.24) is 14.3 Å². The first-order valence-corrected chi connectivity index (χ1v) is 6.07. The van der Waals surface area contributed by atoms with Gasteiger partial charge in [-0.05, 0) is 47.9 Å². The first-order chi connectivity index (χ1) is 7.40. The second kappa shape index (κ2) is 5.20. The van der Waals surface area contributed by atoms with Crippen molar-refractivity contribution in [2.75, 3.05) is 6.54 Å². The maximum atomic E-state index is 5.54. The predicted octanol–water partition coefficient (Wildman–Crippen LogP) is 1.59. The number of hydrogen-bond acceptors (Lipinski definition) is 6. The van der Waals surface area contributed by atoms with Gasteiger partial charge in [0.15, 0.2) is 4.34 Å². The number of nitrogens with two attached hydrogens (primary N) is 1. The molecule has 2 aromatic heterocycles. The quantitative estimate of drug-likeness (QED) is 0.876. The van der Waals surface area contributed by atoms with Crippen LogP contribution in [-0.2, 0) is 6.42 Å². The van der Waals surface area contributed by atoms with Crippen molar-refractivity contribution >= 4 is 23.3 Å². The third-order valence-corrected chi connectivity index (χ3v) is 3.56. The summed E-state index contributed by atoms with van der Waals surface area (Å²) in [6.07, 6.45) is 4.18. The van der Waals surface area contributed by atoms with E-state index in [1.165, 1.54) is 28.9 Å². The Labute approximate surface area is 96.1 Å². The van der Waals surface area contributed by atoms with Gasteiger partial charge in [-0.3, -0.25) is 0 Å². The fourth-order valence-corrected chi connectivity index (χ4v) is 2.63. The number of aromatic nitrogens is 3. The Bertz CT molecular complexity index is 416. The van der Waals surface area contributed by atoms with E-state index in [1.54, 1.807) is 12.5 Å². The molecule has 15 heavy (non-hydrogen) atoms. The molecule has 0 atom stereocenters. The number of hydrogen-bond donors (Lipinski definition) is 1. The Morgan fingerprint density at radius 1 is 1.40 bits per heavy atom. The first kappa shape index (κ1) is 10.5. The molecular formula is C9H10N4S2. The molecule has 2 N–H and O–H groups in total. The molecule has 0 amide bonds. The van der Waals surface area contributed by atoms with Crippen LogP contribution in [0.25, 0.3) is 0 Å². The highest BCUT2D eigenvalue weighted by molar-refractivity contribution is 8.00. The molecule has 78 valence electrons. The van der Waals surface area contributed by atoms with Gasteiger partial charge in [-0.1, -0.05) is 6.07 Å². The zero-order valence-electron chi connectivity index (χ0n) is 7.96. The lowest BCUT2D eigenvalue weighted by Gasteiger charge is -2.03. The van der Waals surface area contributed by atoms with Crippen LogP contribution in [0.3, 0.4) is 0 Å². The molecule has 0 spiro atoms. The summed E-state index contributed by atoms with van der Waals surface area (Å²) in [5.74, 6) is 0. The lowest BCUT2D eigenvalue weighted by Crippen LogP contribution is -2.04. The molecule has 2 heterocycles. The molecule has 0 saturated carbocycles. The molecule has 6 heteroatoms. The lowest BCUT2D eigenvalue weighted by molar-refractivity contribution is 0.911. The third-order valence-electron chi connectivity index (χ3n) is 1.79. The Kier molecular flexibility index (Phi) is 3.65. The molecular weight excluding hydrogens is 228 g/mol. The van der Waals surface area contributed by atoms with E-state index in [1.807, 2.05) is 12.1 Å². The van der Waals surface area contributed by atoms with Crippen LogP contribution in [0.5, 0.6) is 0 Å². The fraction of sp³-hybridized carbons (Fsp3) is 0.222. The highest BCUT2D eigenvalue weighted by Gasteiger charge is 2.06. The average Bonchev–Trinajstić information content (AvgIpc) is 2.74. The van der Waals surface area contributed by atoms with Crippen LogP contribution in [0.4, 0.5) is 0 Å². The summed E-state index contributed by atoms with van der Waals surface area (Å²) in [6, 6.07) is 3.97. The molecule has 0 aliphatic heterocycles. The topological polar surface area (TPSA) is 64.7 Å². The molecule has 0 fully saturated rings. The van der Waals surface area contributed by atoms with Crippen LogP contribution < -0.4 is 5.73 Å². The van der Waals surface area contributed by atoms with Gasteiger partial charge in [0.1, 0.15) is 11.4 Å². The molecule has 0 bridgehead atoms. The SMILES string of the molecule is NCCc1cccnc1Sc1ncns1. The monoisotopic (exact) mass is 238 g/mol. The van der Waals surface area contributed by atoms with Crippen LogP contribution in [0.2, 0.25) is 0 Å². The Morgan fingerprint density at radius 3 is 3.07 bits per heavy atom. The summed E-state index contributed by atoms with van der Waals surface area (Å²) >= 11 is 2.91. The zero-order valence-corrected chi connectivity index (χ0v) is 9.59. The van der Waals surface area contributed by atoms with Crippen molar-refractivity contribution in [3.8, 4) is 0 Å². The number of nitrogens with zero attached hydrogens (tertiary/aromatic N) is 3. The summed E-state index contributed by atoms with van der Waals surface area (Å²) < 4.78 is 4.86. The van der Waals surface area contributed by atoms with E-state index in [4.69, 9.17) is 5.73 Å². The highest BCUT2D eigenvalue weighted by atomic mass is 32.2. The zero-order chi connectivity index (χ0) is 10.5. The summed E-state index contributed by atoms with van der Waals surface area (Å²) in [5.41, 5.74) is 6.71. The van der Waals surface area contributed by atoms with Crippen LogP contribution >= 0.6 is 23.3 Å². The molecule has 0 aromatic carbocycles. The van der Waals surface area contributed by atoms with E-state index >= 15 is 0 Å². The Balaban J connectivity index is 2.20. The van der Waals surface area contributed by atoms with Crippen molar-refractivity contribution in [1.29, 1.82) is 0 Å². The van der Waals surface area contributed by atoms with Crippen LogP contribution in [0.15, 0.2) is 34.0 Å².